The van der Waals surface area contributed by atoms with E-state index < -0.39 is 70.4 Å². The van der Waals surface area contributed by atoms with E-state index >= 15 is 0 Å². The van der Waals surface area contributed by atoms with Crippen LogP contribution in [0.5, 0.6) is 5.75 Å². The van der Waals surface area contributed by atoms with E-state index in [0.717, 1.165) is 61.0 Å². The Morgan fingerprint density at radius 1 is 0.646 bits per heavy atom. The minimum absolute atomic E-state index is 0.0598. The van der Waals surface area contributed by atoms with Gasteiger partial charge in [-0.2, -0.15) is 0 Å². The van der Waals surface area contributed by atoms with Gasteiger partial charge in [0.2, 0.25) is 5.43 Å². The number of fused-ring (bicyclic) bond motifs is 2. The van der Waals surface area contributed by atoms with Crippen LogP contribution >= 0.6 is 6.89 Å². The number of aromatic hydroxyl groups is 1. The standard InChI is InChI=1S/C22H25FN4O4.C22H21O2P.C13H23NO4.C11H22N4O2.C11H23NO3.C9H19NO3.C6H16N2/c1-13-4-3-9-27-17(25(13)2)12-26-11-16(19(28)20(29)18(26)22(27)31)21(30)24-10-14-5-7-15(23)8-6-14;1-2-24-22(23)18-25(19-12-6-3-7-13-19,20-14-8-4-9-15-20)21-16-10-5-11-17-21;1-7-17-11(15)9-8-10(2)14(6)12(16)18-13(3,4)5;1-9(7-6-8-13-14-12)15(5)10(16)17-11(2,3)4;1-9(7-6-8-13)12(5)10(14)15-11(2,3)4;1-7(6-11)10(5)8(12)13-9(2,3)4;1-6(8-2)4-3-5-7/h5-8,11,13,17,29H,3-4,9-10,12H2,1-2H3,(H,24,30);3-18H,2H2,1H3;8-10H,7H2,1-6H3;9H,6-8H2,1-5H3;9,13H,6-8H2,1-5H3;7,11H,6H2,1-5H3;6,8H,3-5,7H2,1-2H3/b;;9-8+;;;;/t13-,17?;;10-;2*9-;7-;6-/m0.00000/s1. The van der Waals surface area contributed by atoms with E-state index in [1.165, 1.54) is 57.3 Å². The average Bonchev–Trinajstić information content (AvgIpc) is 1.64. The molecule has 2 aliphatic rings. The number of esters is 2. The molecule has 33 heteroatoms. The Kier molecular flexibility index (Phi) is 51.9. The molecular formula is C94H149FN13O18P. The number of nitrogens with zero attached hydrogens (tertiary/aromatic N) is 10. The number of aliphatic hydroxyl groups is 2. The molecule has 7 rings (SSSR count). The largest absolute Gasteiger partial charge is 0.503 e. The van der Waals surface area contributed by atoms with E-state index in [0.29, 0.717) is 50.9 Å². The molecule has 5 aromatic rings. The molecule has 1 aromatic heterocycles. The second kappa shape index (κ2) is 57.5. The summed E-state index contributed by atoms with van der Waals surface area (Å²) in [6.45, 7) is 38.0. The molecule has 1 unspecified atom stereocenters. The summed E-state index contributed by atoms with van der Waals surface area (Å²) in [5.41, 5.74) is 10.9. The van der Waals surface area contributed by atoms with Crippen molar-refractivity contribution in [1.82, 2.24) is 44.6 Å². The molecule has 7 N–H and O–H groups in total. The molecule has 0 radical (unpaired) electrons. The second-order valence-corrected chi connectivity index (χ2v) is 38.1. The van der Waals surface area contributed by atoms with Crippen LogP contribution in [0.2, 0.25) is 0 Å². The molecule has 710 valence electrons. The van der Waals surface area contributed by atoms with Gasteiger partial charge >= 0.3 is 36.3 Å². The Hall–Kier alpha value is -10.3. The van der Waals surface area contributed by atoms with E-state index in [1.54, 1.807) is 96.3 Å². The van der Waals surface area contributed by atoms with Crippen molar-refractivity contribution in [2.45, 2.75) is 268 Å². The van der Waals surface area contributed by atoms with Crippen molar-refractivity contribution in [1.29, 1.82) is 0 Å². The van der Waals surface area contributed by atoms with E-state index in [9.17, 15) is 52.6 Å². The second-order valence-electron chi connectivity index (χ2n) is 34.8. The monoisotopic (exact) mass is 1800 g/mol. The van der Waals surface area contributed by atoms with E-state index in [2.05, 4.69) is 75.8 Å². The fourth-order valence-corrected chi connectivity index (χ4v) is 15.5. The number of aromatic nitrogens is 1. The quantitative estimate of drug-likeness (QED) is 0.00415. The Bertz CT molecular complexity index is 4240. The van der Waals surface area contributed by atoms with Crippen molar-refractivity contribution in [3.8, 4) is 5.75 Å². The first kappa shape index (κ1) is 115. The third-order valence-electron chi connectivity index (χ3n) is 19.8. The fraction of sp³-hybridized carbons (Fsp3) is 0.574. The molecule has 31 nitrogen and oxygen atoms in total. The molecule has 0 aliphatic carbocycles. The first-order valence-electron chi connectivity index (χ1n) is 43.2. The number of amides is 6. The molecule has 0 spiro atoms. The number of nitrogens with two attached hydrogens (primary N) is 1. The number of benzene rings is 4. The topological polar surface area (TPSA) is 393 Å². The van der Waals surface area contributed by atoms with Crippen molar-refractivity contribution in [2.75, 3.05) is 88.3 Å². The number of hydrogen-bond donors (Lipinski definition) is 6. The zero-order valence-electron chi connectivity index (χ0n) is 80.2. The summed E-state index contributed by atoms with van der Waals surface area (Å²) < 4.78 is 45.4. The molecule has 1 fully saturated rings. The highest BCUT2D eigenvalue weighted by molar-refractivity contribution is 7.95. The highest BCUT2D eigenvalue weighted by atomic mass is 31.2. The van der Waals surface area contributed by atoms with E-state index in [1.807, 2.05) is 152 Å². The fourth-order valence-electron chi connectivity index (χ4n) is 11.8. The van der Waals surface area contributed by atoms with Crippen LogP contribution in [0.25, 0.3) is 10.4 Å². The van der Waals surface area contributed by atoms with Crippen LogP contribution in [0, 0.1) is 5.82 Å². The lowest BCUT2D eigenvalue weighted by molar-refractivity contribution is -0.137. The third-order valence-corrected chi connectivity index (χ3v) is 23.7. The van der Waals surface area contributed by atoms with Gasteiger partial charge in [0, 0.05) is 102 Å². The smallest absolute Gasteiger partial charge is 0.410 e. The lowest BCUT2D eigenvalue weighted by Crippen LogP contribution is -2.56. The molecular weight excluding hydrogens is 1650 g/mol. The maximum Gasteiger partial charge on any atom is 0.410 e. The number of rotatable bonds is 27. The number of hydrogen-bond acceptors (Lipinski definition) is 22. The summed E-state index contributed by atoms with van der Waals surface area (Å²) in [6.07, 6.45) is 9.68. The number of nitrogens with one attached hydrogen (secondary N) is 2. The first-order valence-corrected chi connectivity index (χ1v) is 45.1. The van der Waals surface area contributed by atoms with Gasteiger partial charge in [0.05, 0.1) is 38.4 Å². The zero-order chi connectivity index (χ0) is 96.8. The van der Waals surface area contributed by atoms with Gasteiger partial charge in [-0.1, -0.05) is 114 Å². The lowest BCUT2D eigenvalue weighted by atomic mass is 10.1. The normalized spacial score (nSPS) is 14.8. The van der Waals surface area contributed by atoms with Crippen molar-refractivity contribution in [2.24, 2.45) is 10.8 Å². The number of likely N-dealkylation sites (N-methyl/N-ethyl adjacent to an activating group) is 3. The van der Waals surface area contributed by atoms with Crippen LogP contribution < -0.4 is 37.7 Å². The summed E-state index contributed by atoms with van der Waals surface area (Å²) >= 11 is 0. The van der Waals surface area contributed by atoms with Crippen molar-refractivity contribution in [3.63, 3.8) is 0 Å². The lowest BCUT2D eigenvalue weighted by Gasteiger charge is -2.42. The summed E-state index contributed by atoms with van der Waals surface area (Å²) in [6, 6.07) is 37.0. The first-order chi connectivity index (χ1) is 59.3. The van der Waals surface area contributed by atoms with Crippen LogP contribution in [0.4, 0.5) is 23.6 Å². The number of pyridine rings is 1. The van der Waals surface area contributed by atoms with Crippen molar-refractivity contribution in [3.05, 3.63) is 177 Å². The average molecular weight is 1800 g/mol. The van der Waals surface area contributed by atoms with Crippen LogP contribution in [0.3, 0.4) is 0 Å². The zero-order valence-corrected chi connectivity index (χ0v) is 81.1. The maximum atomic E-state index is 13.1. The summed E-state index contributed by atoms with van der Waals surface area (Å²) in [7, 11) is 10.6. The van der Waals surface area contributed by atoms with Crippen LogP contribution in [-0.4, -0.2) is 256 Å². The minimum atomic E-state index is -2.24. The highest BCUT2D eigenvalue weighted by Gasteiger charge is 2.41. The number of aliphatic hydroxyl groups excluding tert-OH is 2. The Morgan fingerprint density at radius 3 is 1.49 bits per heavy atom. The van der Waals surface area contributed by atoms with Crippen LogP contribution in [0.15, 0.2) is 144 Å². The molecule has 127 heavy (non-hydrogen) atoms. The van der Waals surface area contributed by atoms with Crippen molar-refractivity contribution < 1.29 is 86.5 Å². The molecule has 2 aliphatic heterocycles. The van der Waals surface area contributed by atoms with Gasteiger partial charge in [-0.15, -0.1) is 0 Å². The molecule has 1 saturated heterocycles. The van der Waals surface area contributed by atoms with Gasteiger partial charge < -0.3 is 89.2 Å². The van der Waals surface area contributed by atoms with Gasteiger partial charge in [-0.25, -0.2) is 33.2 Å². The van der Waals surface area contributed by atoms with Crippen LogP contribution in [-0.2, 0) is 51.1 Å². The molecule has 3 heterocycles. The highest BCUT2D eigenvalue weighted by Crippen LogP contribution is 2.44. The molecule has 4 aromatic carbocycles. The summed E-state index contributed by atoms with van der Waals surface area (Å²) in [5, 5.41) is 40.6. The summed E-state index contributed by atoms with van der Waals surface area (Å²) in [4.78, 5) is 121. The number of azide groups is 1. The Morgan fingerprint density at radius 2 is 1.08 bits per heavy atom. The predicted octanol–water partition coefficient (Wildman–Crippen LogP) is 14.1. The Balaban J connectivity index is 0.000000768. The Labute approximate surface area is 753 Å². The molecule has 6 amide bonds. The molecule has 7 atom stereocenters. The number of carbonyl (C=O) groups is 8. The maximum absolute atomic E-state index is 13.1. The number of carbonyl (C=O) groups excluding carboxylic acids is 8. The van der Waals surface area contributed by atoms with Gasteiger partial charge in [-0.3, -0.25) is 19.3 Å². The number of ether oxygens (including phenoxy) is 6. The van der Waals surface area contributed by atoms with Gasteiger partial charge in [0.25, 0.3) is 11.8 Å². The third kappa shape index (κ3) is 42.9. The number of halogens is 1. The minimum Gasteiger partial charge on any atom is -0.503 e. The summed E-state index contributed by atoms with van der Waals surface area (Å²) in [5.74, 6) is -1.06. The molecule has 0 saturated carbocycles. The predicted molar refractivity (Wildman–Crippen MR) is 502 cm³/mol. The van der Waals surface area contributed by atoms with E-state index in [-0.39, 0.29) is 91.4 Å². The van der Waals surface area contributed by atoms with Gasteiger partial charge in [0.15, 0.2) is 11.4 Å². The van der Waals surface area contributed by atoms with Crippen LogP contribution in [0.1, 0.15) is 216 Å². The SMILES string of the molecule is CCOC(=O)/C=C/[C@H](C)N(C)C(=O)OC(C)(C)C.CCOC(=O)C=P(c1ccccc1)(c1ccccc1)c1ccccc1.CN[C@@H](C)CCCN.C[C@@H](CCCN=[N+]=[N-])N(C)C(=O)OC(C)(C)C.C[C@@H](CCCO)N(C)C(=O)OC(C)(C)C.C[C@@H](CO)N(C)C(=O)OC(C)(C)C.C[C@H]1CCCN2C(=O)c3c(O)c(=O)c(C(=O)NCc4ccc(F)cc4)cn3CC2N1C. The van der Waals surface area contributed by atoms with Crippen molar-refractivity contribution >= 4 is 76.7 Å². The van der Waals surface area contributed by atoms with Gasteiger partial charge in [0.1, 0.15) is 40.0 Å². The van der Waals surface area contributed by atoms with Gasteiger partial charge in [-0.05, 0) is 257 Å². The molecule has 0 bridgehead atoms. The van der Waals surface area contributed by atoms with E-state index in [4.69, 9.17) is 49.9 Å².